The Morgan fingerprint density at radius 3 is 2.07 bits per heavy atom. The maximum Gasteiger partial charge on any atom is 0.192 e. The van der Waals surface area contributed by atoms with Crippen LogP contribution in [-0.2, 0) is 4.43 Å². The molecule has 0 saturated heterocycles. The highest BCUT2D eigenvalue weighted by Crippen LogP contribution is 2.37. The first-order valence-electron chi connectivity index (χ1n) is 5.18. The Kier molecular flexibility index (Phi) is 4.56. The van der Waals surface area contributed by atoms with Crippen molar-refractivity contribution in [2.24, 2.45) is 5.73 Å². The largest absolute Gasteiger partial charge is 0.412 e. The average molecular weight is 215 g/mol. The Hall–Kier alpha value is -0.123. The molecule has 0 aromatic carbocycles. The van der Waals surface area contributed by atoms with Gasteiger partial charge in [-0.15, -0.1) is 6.58 Å². The molecule has 0 aromatic heterocycles. The lowest BCUT2D eigenvalue weighted by Crippen LogP contribution is -2.47. The number of hydrogen-bond donors (Lipinski definition) is 1. The molecule has 0 aliphatic rings. The van der Waals surface area contributed by atoms with Gasteiger partial charge in [0.2, 0.25) is 0 Å². The zero-order valence-electron chi connectivity index (χ0n) is 10.4. The maximum atomic E-state index is 6.10. The van der Waals surface area contributed by atoms with Gasteiger partial charge in [-0.25, -0.2) is 0 Å². The smallest absolute Gasteiger partial charge is 0.192 e. The van der Waals surface area contributed by atoms with Crippen LogP contribution in [0.3, 0.4) is 0 Å². The maximum absolute atomic E-state index is 6.10. The monoisotopic (exact) mass is 215 g/mol. The SMILES string of the molecule is C=C[C@H](N)[C@H](C)O[Si](C)(C)C(C)(C)C. The van der Waals surface area contributed by atoms with Crippen LogP contribution in [0.2, 0.25) is 18.1 Å². The van der Waals surface area contributed by atoms with E-state index in [0.717, 1.165) is 0 Å². The summed E-state index contributed by atoms with van der Waals surface area (Å²) in [6, 6.07) is -0.0656. The van der Waals surface area contributed by atoms with Gasteiger partial charge in [-0.05, 0) is 25.1 Å². The zero-order chi connectivity index (χ0) is 11.6. The van der Waals surface area contributed by atoms with E-state index in [-0.39, 0.29) is 17.2 Å². The van der Waals surface area contributed by atoms with E-state index in [4.69, 9.17) is 10.2 Å². The van der Waals surface area contributed by atoms with E-state index < -0.39 is 8.32 Å². The Morgan fingerprint density at radius 1 is 1.36 bits per heavy atom. The second kappa shape index (κ2) is 4.60. The normalized spacial score (nSPS) is 17.6. The van der Waals surface area contributed by atoms with Gasteiger partial charge in [0, 0.05) is 6.04 Å². The fraction of sp³-hybridized carbons (Fsp3) is 0.818. The first kappa shape index (κ1) is 13.9. The molecule has 0 rings (SSSR count). The molecule has 0 aliphatic carbocycles. The summed E-state index contributed by atoms with van der Waals surface area (Å²) in [5, 5.41) is 0.238. The van der Waals surface area contributed by atoms with Crippen LogP contribution in [0.4, 0.5) is 0 Å². The van der Waals surface area contributed by atoms with Crippen molar-refractivity contribution in [2.45, 2.75) is 58.0 Å². The molecular formula is C11H25NOSi. The lowest BCUT2D eigenvalue weighted by atomic mass is 10.2. The minimum atomic E-state index is -1.67. The first-order chi connectivity index (χ1) is 6.12. The van der Waals surface area contributed by atoms with Crippen molar-refractivity contribution in [1.29, 1.82) is 0 Å². The van der Waals surface area contributed by atoms with E-state index in [0.29, 0.717) is 0 Å². The summed E-state index contributed by atoms with van der Waals surface area (Å²) in [4.78, 5) is 0. The van der Waals surface area contributed by atoms with Gasteiger partial charge >= 0.3 is 0 Å². The number of nitrogens with two attached hydrogens (primary N) is 1. The van der Waals surface area contributed by atoms with Gasteiger partial charge in [-0.1, -0.05) is 26.8 Å². The Bertz CT molecular complexity index is 196. The Balaban J connectivity index is 4.44. The predicted molar refractivity (Wildman–Crippen MR) is 65.9 cm³/mol. The van der Waals surface area contributed by atoms with Crippen LogP contribution in [0.25, 0.3) is 0 Å². The van der Waals surface area contributed by atoms with Crippen molar-refractivity contribution in [3.05, 3.63) is 12.7 Å². The molecule has 0 aromatic rings. The lowest BCUT2D eigenvalue weighted by Gasteiger charge is -2.39. The number of hydrogen-bond acceptors (Lipinski definition) is 2. The average Bonchev–Trinajstić information content (AvgIpc) is 2.00. The molecule has 2 N–H and O–H groups in total. The predicted octanol–water partition coefficient (Wildman–Crippen LogP) is 2.91. The van der Waals surface area contributed by atoms with Crippen molar-refractivity contribution in [3.8, 4) is 0 Å². The molecule has 2 nitrogen and oxygen atoms in total. The van der Waals surface area contributed by atoms with Crippen LogP contribution in [0.15, 0.2) is 12.7 Å². The highest BCUT2D eigenvalue weighted by atomic mass is 28.4. The van der Waals surface area contributed by atoms with Crippen molar-refractivity contribution in [3.63, 3.8) is 0 Å². The molecule has 0 unspecified atom stereocenters. The summed E-state index contributed by atoms with van der Waals surface area (Å²) < 4.78 is 6.10. The Labute approximate surface area is 89.7 Å². The molecule has 0 fully saturated rings. The Morgan fingerprint density at radius 2 is 1.79 bits per heavy atom. The van der Waals surface area contributed by atoms with Crippen LogP contribution in [0.1, 0.15) is 27.7 Å². The fourth-order valence-corrected chi connectivity index (χ4v) is 2.35. The third kappa shape index (κ3) is 3.56. The third-order valence-corrected chi connectivity index (χ3v) is 7.67. The molecule has 2 atom stereocenters. The minimum Gasteiger partial charge on any atom is -0.412 e. The molecule has 0 spiro atoms. The van der Waals surface area contributed by atoms with Gasteiger partial charge in [0.25, 0.3) is 0 Å². The van der Waals surface area contributed by atoms with E-state index in [1.54, 1.807) is 6.08 Å². The van der Waals surface area contributed by atoms with E-state index in [9.17, 15) is 0 Å². The third-order valence-electron chi connectivity index (χ3n) is 3.10. The molecule has 84 valence electrons. The van der Waals surface area contributed by atoms with Gasteiger partial charge in [0.05, 0.1) is 6.10 Å². The molecule has 3 heteroatoms. The van der Waals surface area contributed by atoms with Crippen molar-refractivity contribution in [2.75, 3.05) is 0 Å². The van der Waals surface area contributed by atoms with Gasteiger partial charge in [-0.3, -0.25) is 0 Å². The van der Waals surface area contributed by atoms with Crippen molar-refractivity contribution < 1.29 is 4.43 Å². The van der Waals surface area contributed by atoms with Crippen LogP contribution in [0, 0.1) is 0 Å². The molecular weight excluding hydrogens is 190 g/mol. The highest BCUT2D eigenvalue weighted by molar-refractivity contribution is 6.74. The first-order valence-corrected chi connectivity index (χ1v) is 8.08. The second-order valence-corrected chi connectivity index (χ2v) is 10.2. The van der Waals surface area contributed by atoms with E-state index in [2.05, 4.69) is 40.4 Å². The summed E-state index contributed by atoms with van der Waals surface area (Å²) >= 11 is 0. The van der Waals surface area contributed by atoms with Gasteiger partial charge in [0.1, 0.15) is 0 Å². The molecule has 14 heavy (non-hydrogen) atoms. The molecule has 0 radical (unpaired) electrons. The summed E-state index contributed by atoms with van der Waals surface area (Å²) in [5.74, 6) is 0. The van der Waals surface area contributed by atoms with Crippen LogP contribution in [0.5, 0.6) is 0 Å². The van der Waals surface area contributed by atoms with Crippen LogP contribution in [-0.4, -0.2) is 20.5 Å². The van der Waals surface area contributed by atoms with Gasteiger partial charge in [-0.2, -0.15) is 0 Å². The van der Waals surface area contributed by atoms with Crippen molar-refractivity contribution in [1.82, 2.24) is 0 Å². The summed E-state index contributed by atoms with van der Waals surface area (Å²) in [6.07, 6.45) is 1.81. The lowest BCUT2D eigenvalue weighted by molar-refractivity contribution is 0.185. The van der Waals surface area contributed by atoms with Crippen LogP contribution < -0.4 is 5.73 Å². The van der Waals surface area contributed by atoms with Crippen LogP contribution >= 0.6 is 0 Å². The minimum absolute atomic E-state index is 0.0633. The molecule has 0 bridgehead atoms. The van der Waals surface area contributed by atoms with E-state index >= 15 is 0 Å². The molecule has 0 amide bonds. The highest BCUT2D eigenvalue weighted by Gasteiger charge is 2.38. The second-order valence-electron chi connectivity index (χ2n) is 5.40. The zero-order valence-corrected chi connectivity index (χ0v) is 11.4. The summed E-state index contributed by atoms with van der Waals surface area (Å²) in [6.45, 7) is 16.9. The molecule has 0 heterocycles. The topological polar surface area (TPSA) is 35.2 Å². The quantitative estimate of drug-likeness (QED) is 0.578. The summed E-state index contributed by atoms with van der Waals surface area (Å²) in [7, 11) is -1.67. The molecule has 0 saturated carbocycles. The molecule has 0 aliphatic heterocycles. The van der Waals surface area contributed by atoms with Gasteiger partial charge in [0.15, 0.2) is 8.32 Å². The van der Waals surface area contributed by atoms with Crippen molar-refractivity contribution >= 4 is 8.32 Å². The fourth-order valence-electron chi connectivity index (χ4n) is 0.912. The van der Waals surface area contributed by atoms with E-state index in [1.165, 1.54) is 0 Å². The van der Waals surface area contributed by atoms with E-state index in [1.807, 2.05) is 6.92 Å². The summed E-state index contributed by atoms with van der Waals surface area (Å²) in [5.41, 5.74) is 5.85. The van der Waals surface area contributed by atoms with Gasteiger partial charge < -0.3 is 10.2 Å². The standard InChI is InChI=1S/C11H25NOSi/c1-8-10(12)9(2)13-14(6,7)11(3,4)5/h8-10H,1,12H2,2-7H3/t9-,10-/m0/s1. The number of rotatable bonds is 4.